The molecule has 0 heterocycles. The van der Waals surface area contributed by atoms with E-state index in [9.17, 15) is 4.79 Å². The molecule has 1 atom stereocenters. The molecule has 4 nitrogen and oxygen atoms in total. The summed E-state index contributed by atoms with van der Waals surface area (Å²) in [7, 11) is -6.69. The SMILES string of the molecule is C=CC(=O)N(CCC[Si](C)(C)O[Si](C)(C)CCCC)CCC[Si](C)(C)O[Si](C)(C)C(C)CC. The summed E-state index contributed by atoms with van der Waals surface area (Å²) in [6.07, 6.45) is 7.19. The second kappa shape index (κ2) is 14.5. The third-order valence-corrected chi connectivity index (χ3v) is 23.1. The fourth-order valence-corrected chi connectivity index (χ4v) is 22.6. The Balaban J connectivity index is 4.77. The van der Waals surface area contributed by atoms with Gasteiger partial charge in [-0.3, -0.25) is 4.79 Å². The van der Waals surface area contributed by atoms with Crippen molar-refractivity contribution in [2.24, 2.45) is 0 Å². The first kappa shape index (κ1) is 33.0. The van der Waals surface area contributed by atoms with Gasteiger partial charge < -0.3 is 13.1 Å². The van der Waals surface area contributed by atoms with Gasteiger partial charge in [-0.1, -0.05) is 46.6 Å². The normalized spacial score (nSPS) is 14.3. The van der Waals surface area contributed by atoms with Gasteiger partial charge in [-0.25, -0.2) is 0 Å². The summed E-state index contributed by atoms with van der Waals surface area (Å²) in [5.74, 6) is 0.0581. The quantitative estimate of drug-likeness (QED) is 0.132. The molecule has 0 saturated heterocycles. The van der Waals surface area contributed by atoms with Crippen molar-refractivity contribution in [1.29, 1.82) is 0 Å². The van der Waals surface area contributed by atoms with Crippen LogP contribution in [-0.2, 0) is 13.0 Å². The van der Waals surface area contributed by atoms with Crippen molar-refractivity contribution in [3.8, 4) is 0 Å². The van der Waals surface area contributed by atoms with Crippen LogP contribution in [0.4, 0.5) is 0 Å². The topological polar surface area (TPSA) is 38.8 Å². The molecule has 0 N–H and O–H groups in total. The lowest BCUT2D eigenvalue weighted by Crippen LogP contribution is -2.47. The minimum Gasteiger partial charge on any atom is -0.455 e. The predicted molar refractivity (Wildman–Crippen MR) is 157 cm³/mol. The molecule has 0 bridgehead atoms. The highest BCUT2D eigenvalue weighted by Gasteiger charge is 2.36. The van der Waals surface area contributed by atoms with E-state index in [1.807, 2.05) is 4.90 Å². The first-order valence-corrected chi connectivity index (χ1v) is 25.7. The predicted octanol–water partition coefficient (Wildman–Crippen LogP) is 8.24. The first-order chi connectivity index (χ1) is 15.0. The zero-order valence-electron chi connectivity index (χ0n) is 24.1. The van der Waals surface area contributed by atoms with Gasteiger partial charge in [-0.05, 0) is 95.0 Å². The zero-order valence-corrected chi connectivity index (χ0v) is 28.1. The Kier molecular flexibility index (Phi) is 14.5. The third kappa shape index (κ3) is 14.2. The van der Waals surface area contributed by atoms with Gasteiger partial charge in [0.25, 0.3) is 0 Å². The molecule has 0 aliphatic heterocycles. The fraction of sp³-hybridized carbons (Fsp3) is 0.880. The maximum atomic E-state index is 12.5. The summed E-state index contributed by atoms with van der Waals surface area (Å²) in [5.41, 5.74) is 0.674. The minimum atomic E-state index is -1.74. The molecule has 0 fully saturated rings. The van der Waals surface area contributed by atoms with Crippen LogP contribution in [0.2, 0.25) is 76.0 Å². The number of unbranched alkanes of at least 4 members (excludes halogenated alkanes) is 1. The standard InChI is InChI=1S/C25H57NO3Si4/c1-13-16-21-30(5,6)28-31(7,8)22-17-19-26(25(27)15-3)20-18-23-32(9,10)29-33(11,12)24(4)14-2/h15,24H,3,13-14,16-23H2,1-2,4-12H3. The van der Waals surface area contributed by atoms with E-state index in [1.165, 1.54) is 31.4 Å². The molecule has 196 valence electrons. The molecule has 0 saturated carbocycles. The van der Waals surface area contributed by atoms with Crippen LogP contribution in [-0.4, -0.2) is 57.2 Å². The van der Waals surface area contributed by atoms with E-state index in [0.29, 0.717) is 5.54 Å². The lowest BCUT2D eigenvalue weighted by Gasteiger charge is -2.38. The molecule has 0 aromatic carbocycles. The molecular weight excluding hydrogens is 475 g/mol. The van der Waals surface area contributed by atoms with Crippen molar-refractivity contribution in [3.05, 3.63) is 12.7 Å². The second-order valence-electron chi connectivity index (χ2n) is 12.2. The molecule has 0 aliphatic rings. The van der Waals surface area contributed by atoms with E-state index in [4.69, 9.17) is 8.23 Å². The fourth-order valence-electron chi connectivity index (χ4n) is 4.66. The summed E-state index contributed by atoms with van der Waals surface area (Å²) in [6.45, 7) is 31.0. The molecule has 0 aromatic rings. The van der Waals surface area contributed by atoms with Crippen molar-refractivity contribution >= 4 is 39.2 Å². The highest BCUT2D eigenvalue weighted by molar-refractivity contribution is 6.85. The average molecular weight is 532 g/mol. The van der Waals surface area contributed by atoms with Crippen molar-refractivity contribution in [2.75, 3.05) is 13.1 Å². The largest absolute Gasteiger partial charge is 0.455 e. The summed E-state index contributed by atoms with van der Waals surface area (Å²) in [5, 5.41) is 0. The van der Waals surface area contributed by atoms with Crippen LogP contribution in [0.25, 0.3) is 0 Å². The second-order valence-corrected chi connectivity index (χ2v) is 30.1. The number of carbonyl (C=O) groups is 1. The summed E-state index contributed by atoms with van der Waals surface area (Å²) in [6, 6.07) is 3.45. The van der Waals surface area contributed by atoms with Crippen molar-refractivity contribution < 1.29 is 13.0 Å². The number of nitrogens with zero attached hydrogens (tertiary/aromatic N) is 1. The summed E-state index contributed by atoms with van der Waals surface area (Å²) < 4.78 is 13.5. The van der Waals surface area contributed by atoms with E-state index in [0.717, 1.165) is 38.0 Å². The van der Waals surface area contributed by atoms with Crippen molar-refractivity contribution in [3.63, 3.8) is 0 Å². The maximum absolute atomic E-state index is 12.5. The van der Waals surface area contributed by atoms with Crippen LogP contribution in [0.5, 0.6) is 0 Å². The van der Waals surface area contributed by atoms with Crippen LogP contribution in [0.15, 0.2) is 12.7 Å². The van der Waals surface area contributed by atoms with E-state index in [-0.39, 0.29) is 5.91 Å². The maximum Gasteiger partial charge on any atom is 0.245 e. The Labute approximate surface area is 211 Å². The van der Waals surface area contributed by atoms with Crippen LogP contribution in [0.1, 0.15) is 52.9 Å². The Bertz CT molecular complexity index is 594. The van der Waals surface area contributed by atoms with Crippen LogP contribution >= 0.6 is 0 Å². The molecule has 8 heteroatoms. The molecule has 0 rings (SSSR count). The number of carbonyl (C=O) groups excluding carboxylic acids is 1. The number of rotatable bonds is 18. The van der Waals surface area contributed by atoms with E-state index < -0.39 is 33.3 Å². The molecule has 1 unspecified atom stereocenters. The van der Waals surface area contributed by atoms with E-state index >= 15 is 0 Å². The first-order valence-electron chi connectivity index (χ1n) is 13.3. The van der Waals surface area contributed by atoms with E-state index in [1.54, 1.807) is 0 Å². The molecule has 1 amide bonds. The molecule has 0 spiro atoms. The van der Waals surface area contributed by atoms with Crippen LogP contribution < -0.4 is 0 Å². The van der Waals surface area contributed by atoms with Gasteiger partial charge in [0.05, 0.1) is 0 Å². The highest BCUT2D eigenvalue weighted by atomic mass is 28.4. The summed E-state index contributed by atoms with van der Waals surface area (Å²) >= 11 is 0. The van der Waals surface area contributed by atoms with Gasteiger partial charge in [0.2, 0.25) is 5.91 Å². The molecule has 33 heavy (non-hydrogen) atoms. The smallest absolute Gasteiger partial charge is 0.245 e. The van der Waals surface area contributed by atoms with Crippen LogP contribution in [0, 0.1) is 0 Å². The lowest BCUT2D eigenvalue weighted by atomic mass is 10.3. The van der Waals surface area contributed by atoms with Crippen molar-refractivity contribution in [1.82, 2.24) is 4.90 Å². The van der Waals surface area contributed by atoms with Gasteiger partial charge in [0.15, 0.2) is 33.3 Å². The van der Waals surface area contributed by atoms with Gasteiger partial charge >= 0.3 is 0 Å². The molecule has 0 aliphatic carbocycles. The third-order valence-electron chi connectivity index (χ3n) is 6.92. The highest BCUT2D eigenvalue weighted by Crippen LogP contribution is 2.30. The molecule has 0 aromatic heterocycles. The Hall–Kier alpha value is -0.00247. The Morgan fingerprint density at radius 3 is 1.64 bits per heavy atom. The average Bonchev–Trinajstić information content (AvgIpc) is 2.68. The van der Waals surface area contributed by atoms with Crippen LogP contribution in [0.3, 0.4) is 0 Å². The monoisotopic (exact) mass is 531 g/mol. The number of amides is 1. The Morgan fingerprint density at radius 2 is 1.24 bits per heavy atom. The minimum absolute atomic E-state index is 0.0581. The van der Waals surface area contributed by atoms with Gasteiger partial charge in [-0.2, -0.15) is 0 Å². The number of hydrogen-bond donors (Lipinski definition) is 0. The zero-order chi connectivity index (χ0) is 25.9. The summed E-state index contributed by atoms with van der Waals surface area (Å²) in [4.78, 5) is 14.5. The van der Waals surface area contributed by atoms with Gasteiger partial charge in [-0.15, -0.1) is 0 Å². The van der Waals surface area contributed by atoms with Crippen molar-refractivity contribution in [2.45, 2.75) is 129 Å². The Morgan fingerprint density at radius 1 is 0.818 bits per heavy atom. The lowest BCUT2D eigenvalue weighted by molar-refractivity contribution is -0.126. The van der Waals surface area contributed by atoms with Gasteiger partial charge in [0, 0.05) is 13.1 Å². The van der Waals surface area contributed by atoms with E-state index in [2.05, 4.69) is 79.7 Å². The van der Waals surface area contributed by atoms with Gasteiger partial charge in [0.1, 0.15) is 0 Å². The molecule has 0 radical (unpaired) electrons. The number of hydrogen-bond acceptors (Lipinski definition) is 3. The molecular formula is C25H57NO3Si4.